The third-order valence-electron chi connectivity index (χ3n) is 2.74. The molecule has 0 spiro atoms. The molecular formula is C13H11BrF2N2O2S. The maximum absolute atomic E-state index is 13.8. The fraction of sp³-hybridized carbons (Fsp3) is 0.0769. The molecule has 112 valence electrons. The van der Waals surface area contributed by atoms with Gasteiger partial charge in [0.05, 0.1) is 0 Å². The second kappa shape index (κ2) is 6.08. The van der Waals surface area contributed by atoms with Crippen molar-refractivity contribution in [2.45, 2.75) is 11.4 Å². The van der Waals surface area contributed by atoms with E-state index >= 15 is 0 Å². The summed E-state index contributed by atoms with van der Waals surface area (Å²) in [5.74, 6) is -2.30. The van der Waals surface area contributed by atoms with Crippen molar-refractivity contribution in [3.05, 3.63) is 58.1 Å². The van der Waals surface area contributed by atoms with Gasteiger partial charge in [-0.2, -0.15) is 0 Å². The predicted octanol–water partition coefficient (Wildman–Crippen LogP) is 2.79. The molecule has 4 nitrogen and oxygen atoms in total. The molecule has 2 aromatic carbocycles. The number of hydrogen-bond acceptors (Lipinski definition) is 3. The van der Waals surface area contributed by atoms with Gasteiger partial charge in [-0.3, -0.25) is 0 Å². The lowest BCUT2D eigenvalue weighted by Gasteiger charge is -2.09. The summed E-state index contributed by atoms with van der Waals surface area (Å²) in [7, 11) is -4.13. The number of hydrogen-bond donors (Lipinski definition) is 2. The quantitative estimate of drug-likeness (QED) is 0.805. The number of nitrogens with one attached hydrogen (secondary N) is 1. The van der Waals surface area contributed by atoms with Crippen LogP contribution in [-0.2, 0) is 16.6 Å². The van der Waals surface area contributed by atoms with E-state index in [1.165, 1.54) is 0 Å². The molecule has 0 aliphatic heterocycles. The van der Waals surface area contributed by atoms with Crippen LogP contribution in [0.2, 0.25) is 0 Å². The molecule has 0 atom stereocenters. The average molecular weight is 377 g/mol. The van der Waals surface area contributed by atoms with Crippen molar-refractivity contribution in [2.24, 2.45) is 0 Å². The third-order valence-corrected chi connectivity index (χ3v) is 4.65. The number of nitrogen functional groups attached to an aromatic ring is 1. The molecule has 0 aromatic heterocycles. The molecule has 0 heterocycles. The number of sulfonamides is 1. The Labute approximate surface area is 129 Å². The second-order valence-electron chi connectivity index (χ2n) is 4.23. The lowest BCUT2D eigenvalue weighted by atomic mass is 10.2. The molecule has 3 N–H and O–H groups in total. The summed E-state index contributed by atoms with van der Waals surface area (Å²) in [5, 5.41) is 0. The van der Waals surface area contributed by atoms with Crippen molar-refractivity contribution in [3.8, 4) is 0 Å². The fourth-order valence-corrected chi connectivity index (χ4v) is 3.21. The molecule has 0 fully saturated rings. The van der Waals surface area contributed by atoms with Crippen LogP contribution < -0.4 is 10.5 Å². The first-order valence-electron chi connectivity index (χ1n) is 5.79. The summed E-state index contributed by atoms with van der Waals surface area (Å²) < 4.78 is 53.9. The summed E-state index contributed by atoms with van der Waals surface area (Å²) in [6, 6.07) is 8.61. The molecule has 8 heteroatoms. The Bertz CT molecular complexity index is 782. The molecule has 0 saturated heterocycles. The highest BCUT2D eigenvalue weighted by molar-refractivity contribution is 9.10. The monoisotopic (exact) mass is 376 g/mol. The molecule has 0 unspecified atom stereocenters. The van der Waals surface area contributed by atoms with Crippen LogP contribution in [0.25, 0.3) is 0 Å². The van der Waals surface area contributed by atoms with Crippen LogP contribution in [0.5, 0.6) is 0 Å². The summed E-state index contributed by atoms with van der Waals surface area (Å²) >= 11 is 3.26. The average Bonchev–Trinajstić information content (AvgIpc) is 2.43. The van der Waals surface area contributed by atoms with Crippen molar-refractivity contribution >= 4 is 31.6 Å². The van der Waals surface area contributed by atoms with E-state index in [-0.39, 0.29) is 6.54 Å². The Hall–Kier alpha value is -1.51. The second-order valence-corrected chi connectivity index (χ2v) is 6.88. The van der Waals surface area contributed by atoms with Crippen LogP contribution in [0, 0.1) is 11.6 Å². The zero-order valence-corrected chi connectivity index (χ0v) is 13.0. The van der Waals surface area contributed by atoms with Gasteiger partial charge in [0.1, 0.15) is 16.4 Å². The maximum atomic E-state index is 13.8. The van der Waals surface area contributed by atoms with Crippen LogP contribution >= 0.6 is 15.9 Å². The van der Waals surface area contributed by atoms with Crippen LogP contribution in [0.15, 0.2) is 45.8 Å². The van der Waals surface area contributed by atoms with Gasteiger partial charge in [0.15, 0.2) is 5.82 Å². The van der Waals surface area contributed by atoms with E-state index in [0.717, 1.165) is 16.6 Å². The molecule has 2 aromatic rings. The summed E-state index contributed by atoms with van der Waals surface area (Å²) in [5.41, 5.74) is 5.02. The number of halogens is 3. The third kappa shape index (κ3) is 3.58. The first-order chi connectivity index (χ1) is 9.81. The molecule has 0 aliphatic carbocycles. The number of rotatable bonds is 4. The largest absolute Gasteiger partial charge is 0.394 e. The van der Waals surface area contributed by atoms with Gasteiger partial charge < -0.3 is 5.73 Å². The molecule has 0 radical (unpaired) electrons. The normalized spacial score (nSPS) is 11.6. The van der Waals surface area contributed by atoms with Crippen LogP contribution in [0.4, 0.5) is 14.5 Å². The predicted molar refractivity (Wildman–Crippen MR) is 78.9 cm³/mol. The standard InChI is InChI=1S/C13H11BrF2N2O2S/c14-9-3-1-2-8(6-9)7-18-21(19,20)11-5-4-10(15)13(17)12(11)16/h1-6,18H,7,17H2. The summed E-state index contributed by atoms with van der Waals surface area (Å²) in [6.07, 6.45) is 0. The van der Waals surface area contributed by atoms with E-state index < -0.39 is 32.2 Å². The van der Waals surface area contributed by atoms with Gasteiger partial charge >= 0.3 is 0 Å². The number of benzene rings is 2. The minimum absolute atomic E-state index is 0.0293. The van der Waals surface area contributed by atoms with Crippen LogP contribution in [-0.4, -0.2) is 8.42 Å². The van der Waals surface area contributed by atoms with Crippen LogP contribution in [0.1, 0.15) is 5.56 Å². The van der Waals surface area contributed by atoms with Crippen molar-refractivity contribution in [2.75, 3.05) is 5.73 Å². The molecule has 0 amide bonds. The SMILES string of the molecule is Nc1c(F)ccc(S(=O)(=O)NCc2cccc(Br)c2)c1F. The molecule has 0 saturated carbocycles. The van der Waals surface area contributed by atoms with Gasteiger partial charge in [-0.05, 0) is 29.8 Å². The van der Waals surface area contributed by atoms with Gasteiger partial charge in [0.2, 0.25) is 10.0 Å². The van der Waals surface area contributed by atoms with Crippen molar-refractivity contribution in [3.63, 3.8) is 0 Å². The highest BCUT2D eigenvalue weighted by atomic mass is 79.9. The highest BCUT2D eigenvalue weighted by Crippen LogP contribution is 2.22. The van der Waals surface area contributed by atoms with Gasteiger partial charge in [-0.1, -0.05) is 28.1 Å². The summed E-state index contributed by atoms with van der Waals surface area (Å²) in [4.78, 5) is -0.684. The number of anilines is 1. The van der Waals surface area contributed by atoms with Crippen molar-refractivity contribution in [1.29, 1.82) is 0 Å². The molecule has 2 rings (SSSR count). The first kappa shape index (κ1) is 15.9. The Kier molecular flexibility index (Phi) is 4.60. The molecule has 0 bridgehead atoms. The smallest absolute Gasteiger partial charge is 0.243 e. The number of nitrogens with two attached hydrogens (primary N) is 1. The van der Waals surface area contributed by atoms with Gasteiger partial charge in [-0.15, -0.1) is 0 Å². The lowest BCUT2D eigenvalue weighted by Crippen LogP contribution is -2.24. The van der Waals surface area contributed by atoms with E-state index in [1.807, 2.05) is 0 Å². The van der Waals surface area contributed by atoms with E-state index in [2.05, 4.69) is 20.7 Å². The van der Waals surface area contributed by atoms with E-state index in [4.69, 9.17) is 5.73 Å². The zero-order chi connectivity index (χ0) is 15.6. The Morgan fingerprint density at radius 1 is 1.19 bits per heavy atom. The molecule has 0 aliphatic rings. The first-order valence-corrected chi connectivity index (χ1v) is 8.06. The Morgan fingerprint density at radius 3 is 2.57 bits per heavy atom. The highest BCUT2D eigenvalue weighted by Gasteiger charge is 2.22. The van der Waals surface area contributed by atoms with E-state index in [9.17, 15) is 17.2 Å². The Morgan fingerprint density at radius 2 is 1.90 bits per heavy atom. The summed E-state index contributed by atoms with van der Waals surface area (Å²) in [6.45, 7) is -0.0293. The lowest BCUT2D eigenvalue weighted by molar-refractivity contribution is 0.548. The van der Waals surface area contributed by atoms with Crippen molar-refractivity contribution in [1.82, 2.24) is 4.72 Å². The van der Waals surface area contributed by atoms with E-state index in [0.29, 0.717) is 5.56 Å². The molecular weight excluding hydrogens is 366 g/mol. The molecule has 21 heavy (non-hydrogen) atoms. The maximum Gasteiger partial charge on any atom is 0.243 e. The van der Waals surface area contributed by atoms with E-state index in [1.54, 1.807) is 24.3 Å². The van der Waals surface area contributed by atoms with Gasteiger partial charge in [-0.25, -0.2) is 21.9 Å². The minimum atomic E-state index is -4.13. The fourth-order valence-electron chi connectivity index (χ4n) is 1.66. The zero-order valence-electron chi connectivity index (χ0n) is 10.6. The van der Waals surface area contributed by atoms with Crippen LogP contribution in [0.3, 0.4) is 0 Å². The Balaban J connectivity index is 2.25. The van der Waals surface area contributed by atoms with Gasteiger partial charge in [0, 0.05) is 11.0 Å². The minimum Gasteiger partial charge on any atom is -0.394 e. The van der Waals surface area contributed by atoms with Gasteiger partial charge in [0.25, 0.3) is 0 Å². The topological polar surface area (TPSA) is 72.2 Å². The van der Waals surface area contributed by atoms with Crippen molar-refractivity contribution < 1.29 is 17.2 Å².